The molecule has 9 heteroatoms. The Kier molecular flexibility index (Phi) is 31.9. The Balaban J connectivity index is 4.22. The fourth-order valence-corrected chi connectivity index (χ4v) is 5.47. The minimum absolute atomic E-state index is 0.00424. The average Bonchev–Trinajstić information content (AvgIpc) is 3.03. The zero-order valence-corrected chi connectivity index (χ0v) is 30.4. The van der Waals surface area contributed by atoms with Crippen molar-refractivity contribution in [2.24, 2.45) is 0 Å². The molecule has 0 heterocycles. The molecule has 0 aliphatic rings. The first-order chi connectivity index (χ1) is 22.3. The third-order valence-corrected chi connectivity index (χ3v) is 8.46. The molecule has 0 aliphatic heterocycles. The second-order valence-electron chi connectivity index (χ2n) is 11.9. The predicted octanol–water partition coefficient (Wildman–Crippen LogP) is 10.9. The predicted molar refractivity (Wildman–Crippen MR) is 189 cm³/mol. The second-order valence-corrected chi connectivity index (χ2v) is 13.3. The summed E-state index contributed by atoms with van der Waals surface area (Å²) >= 11 is 0. The third kappa shape index (κ3) is 32.2. The molecule has 268 valence electrons. The Hall–Kier alpha value is -1.73. The van der Waals surface area contributed by atoms with Gasteiger partial charge in [-0.25, -0.2) is 4.57 Å². The summed E-state index contributed by atoms with van der Waals surface area (Å²) in [5.74, 6) is -0.828. The van der Waals surface area contributed by atoms with Gasteiger partial charge in [-0.05, 0) is 71.1 Å². The van der Waals surface area contributed by atoms with E-state index in [1.54, 1.807) is 6.92 Å². The van der Waals surface area contributed by atoms with Crippen LogP contribution in [0.5, 0.6) is 0 Å². The number of allylic oxidation sites excluding steroid dienone is 6. The first-order valence-electron chi connectivity index (χ1n) is 18.3. The second kappa shape index (κ2) is 33.2. The summed E-state index contributed by atoms with van der Waals surface area (Å²) in [7, 11) is -4.28. The lowest BCUT2D eigenvalue weighted by Crippen LogP contribution is -2.29. The van der Waals surface area contributed by atoms with E-state index in [4.69, 9.17) is 18.5 Å². The highest BCUT2D eigenvalue weighted by molar-refractivity contribution is 7.47. The molecule has 0 saturated carbocycles. The Labute approximate surface area is 281 Å². The number of carbonyl (C=O) groups is 2. The molecule has 0 saturated heterocycles. The average molecular weight is 671 g/mol. The van der Waals surface area contributed by atoms with Crippen molar-refractivity contribution in [1.82, 2.24) is 0 Å². The summed E-state index contributed by atoms with van der Waals surface area (Å²) < 4.78 is 32.4. The van der Waals surface area contributed by atoms with Crippen molar-refractivity contribution in [2.45, 2.75) is 168 Å². The number of hydrogen-bond donors (Lipinski definition) is 1. The van der Waals surface area contributed by atoms with Crippen LogP contribution in [0.25, 0.3) is 0 Å². The van der Waals surface area contributed by atoms with Crippen LogP contribution in [-0.2, 0) is 32.7 Å². The van der Waals surface area contributed by atoms with E-state index in [0.29, 0.717) is 6.42 Å². The highest BCUT2D eigenvalue weighted by atomic mass is 31.2. The molecule has 0 radical (unpaired) electrons. The van der Waals surface area contributed by atoms with Crippen molar-refractivity contribution in [3.63, 3.8) is 0 Å². The minimum Gasteiger partial charge on any atom is -0.462 e. The molecule has 2 unspecified atom stereocenters. The van der Waals surface area contributed by atoms with Gasteiger partial charge in [-0.1, -0.05) is 115 Å². The van der Waals surface area contributed by atoms with E-state index in [9.17, 15) is 19.0 Å². The van der Waals surface area contributed by atoms with Gasteiger partial charge in [0.1, 0.15) is 6.61 Å². The van der Waals surface area contributed by atoms with Crippen molar-refractivity contribution in [1.29, 1.82) is 0 Å². The van der Waals surface area contributed by atoms with Gasteiger partial charge >= 0.3 is 19.8 Å². The maximum Gasteiger partial charge on any atom is 0.472 e. The molecule has 1 N–H and O–H groups in total. The van der Waals surface area contributed by atoms with E-state index in [2.05, 4.69) is 50.3 Å². The van der Waals surface area contributed by atoms with E-state index < -0.39 is 26.5 Å². The van der Waals surface area contributed by atoms with Crippen LogP contribution in [0.3, 0.4) is 0 Å². The van der Waals surface area contributed by atoms with Crippen LogP contribution in [0.2, 0.25) is 0 Å². The van der Waals surface area contributed by atoms with Gasteiger partial charge in [0.15, 0.2) is 6.10 Å². The number of hydrogen-bond acceptors (Lipinski definition) is 7. The molecule has 2 atom stereocenters. The monoisotopic (exact) mass is 670 g/mol. The highest BCUT2D eigenvalue weighted by Crippen LogP contribution is 2.43. The van der Waals surface area contributed by atoms with Crippen molar-refractivity contribution in [3.05, 3.63) is 36.5 Å². The van der Waals surface area contributed by atoms with Crippen LogP contribution in [0.1, 0.15) is 162 Å². The molecular formula is C37H67O8P. The quantitative estimate of drug-likeness (QED) is 0.0318. The van der Waals surface area contributed by atoms with Crippen molar-refractivity contribution < 1.29 is 37.6 Å². The largest absolute Gasteiger partial charge is 0.472 e. The van der Waals surface area contributed by atoms with E-state index in [1.807, 2.05) is 0 Å². The SMILES string of the molecule is CCC/C=C\C/C=C\CCCCCCCC(=O)OC(COC(=O)CCCCCCC/C=C\CCCCCC)COP(=O)(O)OCC. The summed E-state index contributed by atoms with van der Waals surface area (Å²) in [5.41, 5.74) is 0. The van der Waals surface area contributed by atoms with Crippen LogP contribution < -0.4 is 0 Å². The fraction of sp³-hybridized carbons (Fsp3) is 0.784. The van der Waals surface area contributed by atoms with Gasteiger partial charge in [-0.2, -0.15) is 0 Å². The molecule has 0 fully saturated rings. The summed E-state index contributed by atoms with van der Waals surface area (Å²) in [5, 5.41) is 0. The zero-order chi connectivity index (χ0) is 34.0. The summed E-state index contributed by atoms with van der Waals surface area (Å²) in [6.07, 6.45) is 34.8. The first-order valence-corrected chi connectivity index (χ1v) is 19.8. The Morgan fingerprint density at radius 3 is 1.65 bits per heavy atom. The molecule has 46 heavy (non-hydrogen) atoms. The van der Waals surface area contributed by atoms with E-state index in [-0.39, 0.29) is 32.0 Å². The van der Waals surface area contributed by atoms with Gasteiger partial charge in [0, 0.05) is 12.8 Å². The number of carbonyl (C=O) groups excluding carboxylic acids is 2. The topological polar surface area (TPSA) is 108 Å². The summed E-state index contributed by atoms with van der Waals surface area (Å²) in [6.45, 7) is 5.34. The number of phosphoric ester groups is 1. The van der Waals surface area contributed by atoms with Gasteiger partial charge in [-0.3, -0.25) is 18.6 Å². The lowest BCUT2D eigenvalue weighted by molar-refractivity contribution is -0.161. The Morgan fingerprint density at radius 1 is 0.587 bits per heavy atom. The fourth-order valence-electron chi connectivity index (χ4n) is 4.72. The van der Waals surface area contributed by atoms with Crippen LogP contribution in [-0.4, -0.2) is 42.8 Å². The number of esters is 2. The van der Waals surface area contributed by atoms with Gasteiger partial charge in [-0.15, -0.1) is 0 Å². The van der Waals surface area contributed by atoms with E-state index >= 15 is 0 Å². The number of ether oxygens (including phenoxy) is 2. The van der Waals surface area contributed by atoms with Crippen LogP contribution in [0, 0.1) is 0 Å². The first kappa shape index (κ1) is 44.3. The summed E-state index contributed by atoms with van der Waals surface area (Å²) in [6, 6.07) is 0. The van der Waals surface area contributed by atoms with Crippen molar-refractivity contribution >= 4 is 19.8 Å². The molecule has 0 aromatic rings. The van der Waals surface area contributed by atoms with E-state index in [1.165, 1.54) is 38.5 Å². The molecule has 0 rings (SSSR count). The molecule has 0 amide bonds. The summed E-state index contributed by atoms with van der Waals surface area (Å²) in [4.78, 5) is 34.5. The molecule has 0 aromatic carbocycles. The number of rotatable bonds is 33. The number of unbranched alkanes of at least 4 members (excludes halogenated alkanes) is 15. The zero-order valence-electron chi connectivity index (χ0n) is 29.5. The van der Waals surface area contributed by atoms with Crippen LogP contribution >= 0.6 is 7.82 Å². The maximum atomic E-state index is 12.5. The third-order valence-electron chi connectivity index (χ3n) is 7.40. The lowest BCUT2D eigenvalue weighted by Gasteiger charge is -2.19. The number of phosphoric acid groups is 1. The standard InChI is InChI=1S/C37H67O8P/c1-4-7-9-11-13-15-17-19-21-23-25-27-29-31-36(38)42-33-35(34-44-46(40,41)43-6-3)45-37(39)32-30-28-26-24-22-20-18-16-14-12-10-8-5-2/h10,12,15-18,35H,4-9,11,13-14,19-34H2,1-3H3,(H,40,41)/b12-10-,17-15-,18-16-. The molecule has 8 nitrogen and oxygen atoms in total. The minimum atomic E-state index is -4.28. The molecule has 0 bridgehead atoms. The van der Waals surface area contributed by atoms with Crippen molar-refractivity contribution in [3.8, 4) is 0 Å². The van der Waals surface area contributed by atoms with Crippen LogP contribution in [0.4, 0.5) is 0 Å². The van der Waals surface area contributed by atoms with Crippen molar-refractivity contribution in [2.75, 3.05) is 19.8 Å². The Morgan fingerprint density at radius 2 is 1.09 bits per heavy atom. The smallest absolute Gasteiger partial charge is 0.462 e. The van der Waals surface area contributed by atoms with Gasteiger partial charge in [0.25, 0.3) is 0 Å². The molecular weight excluding hydrogens is 603 g/mol. The Bertz CT molecular complexity index is 854. The molecule has 0 aromatic heterocycles. The maximum absolute atomic E-state index is 12.5. The molecule has 0 aliphatic carbocycles. The van der Waals surface area contributed by atoms with Gasteiger partial charge in [0.05, 0.1) is 13.2 Å². The normalized spacial score (nSPS) is 13.9. The van der Waals surface area contributed by atoms with Crippen LogP contribution in [0.15, 0.2) is 36.5 Å². The van der Waals surface area contributed by atoms with E-state index in [0.717, 1.165) is 83.5 Å². The van der Waals surface area contributed by atoms with Gasteiger partial charge < -0.3 is 14.4 Å². The lowest BCUT2D eigenvalue weighted by atomic mass is 10.1. The highest BCUT2D eigenvalue weighted by Gasteiger charge is 2.25. The van der Waals surface area contributed by atoms with Gasteiger partial charge in [0.2, 0.25) is 0 Å². The molecule has 0 spiro atoms.